The Kier molecular flexibility index (Phi) is 1.74. The minimum absolute atomic E-state index is 0.0833. The summed E-state index contributed by atoms with van der Waals surface area (Å²) < 4.78 is -0.990. The average Bonchev–Trinajstić information content (AvgIpc) is 2.11. The van der Waals surface area contributed by atoms with Gasteiger partial charge in [0.2, 0.25) is 0 Å². The third-order valence-corrected chi connectivity index (χ3v) is 5.06. The van der Waals surface area contributed by atoms with Crippen molar-refractivity contribution in [1.82, 2.24) is 0 Å². The molecule has 1 fully saturated rings. The van der Waals surface area contributed by atoms with Gasteiger partial charge in [0.05, 0.1) is 11.5 Å². The molecule has 1 aliphatic carbocycles. The minimum atomic E-state index is -0.990. The van der Waals surface area contributed by atoms with Gasteiger partial charge in [-0.1, -0.05) is 30.1 Å². The molecule has 1 N–H and O–H groups in total. The highest BCUT2D eigenvalue weighted by atomic mass is 35.5. The largest absolute Gasteiger partial charge is 0.396 e. The third-order valence-electron chi connectivity index (χ3n) is 2.57. The smallest absolute Gasteiger partial charge is 0.147 e. The van der Waals surface area contributed by atoms with Gasteiger partial charge in [-0.25, -0.2) is 0 Å². The molecule has 0 radical (unpaired) electrons. The Labute approximate surface area is 75.3 Å². The van der Waals surface area contributed by atoms with E-state index in [4.69, 9.17) is 39.9 Å². The van der Waals surface area contributed by atoms with E-state index >= 15 is 0 Å². The fourth-order valence-corrected chi connectivity index (χ4v) is 2.35. The summed E-state index contributed by atoms with van der Waals surface area (Å²) in [5, 5.41) is 8.88. The first-order chi connectivity index (χ1) is 4.31. The highest BCUT2D eigenvalue weighted by Crippen LogP contribution is 2.74. The molecular formula is C6H9Cl3O. The zero-order chi connectivity index (χ0) is 8.21. The van der Waals surface area contributed by atoms with Crippen LogP contribution < -0.4 is 0 Å². The molecule has 0 aromatic heterocycles. The van der Waals surface area contributed by atoms with Crippen LogP contribution in [0.3, 0.4) is 0 Å². The first-order valence-corrected chi connectivity index (χ1v) is 4.12. The summed E-state index contributed by atoms with van der Waals surface area (Å²) in [6.07, 6.45) is 0. The van der Waals surface area contributed by atoms with Gasteiger partial charge >= 0.3 is 0 Å². The van der Waals surface area contributed by atoms with Crippen molar-refractivity contribution in [3.63, 3.8) is 0 Å². The molecule has 0 amide bonds. The predicted octanol–water partition coefficient (Wildman–Crippen LogP) is 2.17. The normalized spacial score (nSPS) is 51.0. The molecule has 4 heteroatoms. The van der Waals surface area contributed by atoms with Crippen LogP contribution in [0.15, 0.2) is 0 Å². The molecular weight excluding hydrogens is 194 g/mol. The minimum Gasteiger partial charge on any atom is -0.396 e. The molecule has 0 aliphatic heterocycles. The zero-order valence-corrected chi connectivity index (χ0v) is 8.06. The summed E-state index contributed by atoms with van der Waals surface area (Å²) in [4.78, 5) is -0.697. The SMILES string of the molecule is C[C@]1(CO)C(Cl)(Cl)[C@@]1(C)Cl. The Balaban J connectivity index is 2.90. The Bertz CT molecular complexity index is 150. The van der Waals surface area contributed by atoms with Crippen molar-refractivity contribution in [1.29, 1.82) is 0 Å². The quantitative estimate of drug-likeness (QED) is 0.648. The van der Waals surface area contributed by atoms with Gasteiger partial charge in [-0.05, 0) is 6.92 Å². The summed E-state index contributed by atoms with van der Waals surface area (Å²) >= 11 is 17.5. The van der Waals surface area contributed by atoms with E-state index in [9.17, 15) is 0 Å². The fourth-order valence-electron chi connectivity index (χ4n) is 1.07. The molecule has 1 aliphatic rings. The Morgan fingerprint density at radius 1 is 1.20 bits per heavy atom. The number of hydrogen-bond donors (Lipinski definition) is 1. The molecule has 0 spiro atoms. The van der Waals surface area contributed by atoms with Gasteiger partial charge in [0.15, 0.2) is 0 Å². The first kappa shape index (κ1) is 8.92. The van der Waals surface area contributed by atoms with Crippen molar-refractivity contribution in [3.05, 3.63) is 0 Å². The van der Waals surface area contributed by atoms with Crippen LogP contribution in [0, 0.1) is 5.41 Å². The standard InChI is InChI=1S/C6H9Cl3O/c1-4(3-10)5(2,7)6(4,8)9/h10H,3H2,1-2H3/t4-,5+/m1/s1. The second-order valence-corrected chi connectivity index (χ2v) is 5.15. The number of aliphatic hydroxyl groups excluding tert-OH is 1. The molecule has 0 saturated heterocycles. The van der Waals surface area contributed by atoms with Gasteiger partial charge in [-0.2, -0.15) is 0 Å². The van der Waals surface area contributed by atoms with E-state index < -0.39 is 14.6 Å². The Morgan fingerprint density at radius 2 is 1.50 bits per heavy atom. The summed E-state index contributed by atoms with van der Waals surface area (Å²) in [5.41, 5.74) is -0.565. The molecule has 0 aromatic rings. The van der Waals surface area contributed by atoms with Crippen LogP contribution in [0.25, 0.3) is 0 Å². The van der Waals surface area contributed by atoms with E-state index in [1.165, 1.54) is 0 Å². The number of alkyl halides is 3. The molecule has 60 valence electrons. The maximum Gasteiger partial charge on any atom is 0.147 e. The van der Waals surface area contributed by atoms with Gasteiger partial charge in [0.25, 0.3) is 0 Å². The maximum atomic E-state index is 8.88. The van der Waals surface area contributed by atoms with Crippen molar-refractivity contribution < 1.29 is 5.11 Å². The maximum absolute atomic E-state index is 8.88. The second kappa shape index (κ2) is 1.95. The van der Waals surface area contributed by atoms with Crippen LogP contribution in [0.2, 0.25) is 0 Å². The van der Waals surface area contributed by atoms with E-state index in [-0.39, 0.29) is 6.61 Å². The molecule has 1 rings (SSSR count). The van der Waals surface area contributed by atoms with Gasteiger partial charge in [0, 0.05) is 5.41 Å². The molecule has 1 saturated carbocycles. The Morgan fingerprint density at radius 3 is 1.50 bits per heavy atom. The van der Waals surface area contributed by atoms with Crippen LogP contribution >= 0.6 is 34.8 Å². The van der Waals surface area contributed by atoms with Crippen LogP contribution in [-0.4, -0.2) is 20.9 Å². The van der Waals surface area contributed by atoms with Gasteiger partial charge in [-0.15, -0.1) is 11.6 Å². The summed E-state index contributed by atoms with van der Waals surface area (Å²) in [5.74, 6) is 0. The van der Waals surface area contributed by atoms with Crippen molar-refractivity contribution in [2.24, 2.45) is 5.41 Å². The van der Waals surface area contributed by atoms with Crippen molar-refractivity contribution >= 4 is 34.8 Å². The van der Waals surface area contributed by atoms with Crippen LogP contribution in [0.4, 0.5) is 0 Å². The highest BCUT2D eigenvalue weighted by molar-refractivity contribution is 6.59. The molecule has 0 bridgehead atoms. The number of hydrogen-bond acceptors (Lipinski definition) is 1. The summed E-state index contributed by atoms with van der Waals surface area (Å²) in [7, 11) is 0. The highest BCUT2D eigenvalue weighted by Gasteiger charge is 2.81. The molecule has 1 nitrogen and oxygen atoms in total. The van der Waals surface area contributed by atoms with Gasteiger partial charge < -0.3 is 5.11 Å². The lowest BCUT2D eigenvalue weighted by molar-refractivity contribution is 0.216. The van der Waals surface area contributed by atoms with Crippen molar-refractivity contribution in [2.75, 3.05) is 6.61 Å². The number of rotatable bonds is 1. The summed E-state index contributed by atoms with van der Waals surface area (Å²) in [6.45, 7) is 3.41. The van der Waals surface area contributed by atoms with Crippen LogP contribution in [-0.2, 0) is 0 Å². The van der Waals surface area contributed by atoms with E-state index in [1.807, 2.05) is 0 Å². The molecule has 2 atom stereocenters. The van der Waals surface area contributed by atoms with E-state index in [2.05, 4.69) is 0 Å². The van der Waals surface area contributed by atoms with E-state index in [0.29, 0.717) is 0 Å². The fraction of sp³-hybridized carbons (Fsp3) is 1.00. The average molecular weight is 203 g/mol. The van der Waals surface area contributed by atoms with E-state index in [1.54, 1.807) is 13.8 Å². The monoisotopic (exact) mass is 202 g/mol. The number of aliphatic hydroxyl groups is 1. The second-order valence-electron chi connectivity index (χ2n) is 3.07. The lowest BCUT2D eigenvalue weighted by atomic mass is 10.1. The molecule has 0 aromatic carbocycles. The predicted molar refractivity (Wildman–Crippen MR) is 43.9 cm³/mol. The van der Waals surface area contributed by atoms with Crippen molar-refractivity contribution in [2.45, 2.75) is 23.1 Å². The molecule has 0 heterocycles. The zero-order valence-electron chi connectivity index (χ0n) is 5.79. The Hall–Kier alpha value is 0.830. The van der Waals surface area contributed by atoms with E-state index in [0.717, 1.165) is 0 Å². The molecule has 0 unspecified atom stereocenters. The third kappa shape index (κ3) is 0.651. The van der Waals surface area contributed by atoms with Gasteiger partial charge in [0.1, 0.15) is 4.33 Å². The van der Waals surface area contributed by atoms with Crippen LogP contribution in [0.5, 0.6) is 0 Å². The van der Waals surface area contributed by atoms with Crippen molar-refractivity contribution in [3.8, 4) is 0 Å². The summed E-state index contributed by atoms with van der Waals surface area (Å²) in [6, 6.07) is 0. The molecule has 10 heavy (non-hydrogen) atoms. The topological polar surface area (TPSA) is 20.2 Å². The van der Waals surface area contributed by atoms with Crippen LogP contribution in [0.1, 0.15) is 13.8 Å². The first-order valence-electron chi connectivity index (χ1n) is 2.99. The lowest BCUT2D eigenvalue weighted by Crippen LogP contribution is -2.11. The lowest BCUT2D eigenvalue weighted by Gasteiger charge is -2.05. The van der Waals surface area contributed by atoms with Gasteiger partial charge in [-0.3, -0.25) is 0 Å². The number of halogens is 3.